The molecule has 1 atom stereocenters. The van der Waals surface area contributed by atoms with Crippen molar-refractivity contribution in [1.29, 1.82) is 0 Å². The van der Waals surface area contributed by atoms with Crippen LogP contribution in [0.3, 0.4) is 0 Å². The number of hydrogen-bond acceptors (Lipinski definition) is 5. The molecule has 0 radical (unpaired) electrons. The summed E-state index contributed by atoms with van der Waals surface area (Å²) in [6.45, 7) is 3.13. The molecule has 3 aromatic carbocycles. The maximum atomic E-state index is 13.7. The van der Waals surface area contributed by atoms with Crippen molar-refractivity contribution < 1.29 is 14.3 Å². The summed E-state index contributed by atoms with van der Waals surface area (Å²) in [5, 5.41) is 1.31. The van der Waals surface area contributed by atoms with Crippen molar-refractivity contribution in [2.45, 2.75) is 25.9 Å². The Morgan fingerprint density at radius 2 is 1.97 bits per heavy atom. The lowest BCUT2D eigenvalue weighted by Gasteiger charge is -2.23. The molecular weight excluding hydrogens is 456 g/mol. The Bertz CT molecular complexity index is 1290. The van der Waals surface area contributed by atoms with Gasteiger partial charge < -0.3 is 9.47 Å². The van der Waals surface area contributed by atoms with Crippen molar-refractivity contribution in [1.82, 2.24) is 4.98 Å². The number of rotatable bonds is 6. The Labute approximate surface area is 201 Å². The van der Waals surface area contributed by atoms with E-state index in [2.05, 4.69) is 0 Å². The number of ether oxygens (including phenoxy) is 2. The molecule has 1 aliphatic rings. The highest BCUT2D eigenvalue weighted by Gasteiger charge is 2.27. The maximum absolute atomic E-state index is 13.7. The van der Waals surface area contributed by atoms with Crippen molar-refractivity contribution >= 4 is 44.2 Å². The summed E-state index contributed by atoms with van der Waals surface area (Å²) in [7, 11) is 0. The zero-order valence-electron chi connectivity index (χ0n) is 18.2. The lowest BCUT2D eigenvalue weighted by molar-refractivity contribution is 0.0917. The van der Waals surface area contributed by atoms with E-state index in [1.165, 1.54) is 11.3 Å². The number of amides is 1. The minimum absolute atomic E-state index is 0.00519. The van der Waals surface area contributed by atoms with Gasteiger partial charge in [-0.3, -0.25) is 9.69 Å². The van der Waals surface area contributed by atoms with Crippen LogP contribution in [0, 0.1) is 6.92 Å². The third-order valence-electron chi connectivity index (χ3n) is 5.68. The first-order valence-corrected chi connectivity index (χ1v) is 12.1. The smallest absolute Gasteiger partial charge is 0.260 e. The minimum atomic E-state index is -0.133. The van der Waals surface area contributed by atoms with E-state index in [-0.39, 0.29) is 12.0 Å². The van der Waals surface area contributed by atoms with Gasteiger partial charge in [-0.15, -0.1) is 0 Å². The Hall–Kier alpha value is -2.93. The molecule has 33 heavy (non-hydrogen) atoms. The predicted octanol–water partition coefficient (Wildman–Crippen LogP) is 6.88. The summed E-state index contributed by atoms with van der Waals surface area (Å²) in [4.78, 5) is 20.3. The number of aromatic nitrogens is 1. The highest BCUT2D eigenvalue weighted by Crippen LogP contribution is 2.35. The highest BCUT2D eigenvalue weighted by atomic mass is 35.5. The van der Waals surface area contributed by atoms with Gasteiger partial charge in [0.05, 0.1) is 22.9 Å². The lowest BCUT2D eigenvalue weighted by Crippen LogP contribution is -2.37. The summed E-state index contributed by atoms with van der Waals surface area (Å²) in [5.74, 6) is 1.19. The van der Waals surface area contributed by atoms with Gasteiger partial charge >= 0.3 is 0 Å². The van der Waals surface area contributed by atoms with Gasteiger partial charge in [0.2, 0.25) is 0 Å². The fraction of sp³-hybridized carbons (Fsp3) is 0.231. The van der Waals surface area contributed by atoms with Gasteiger partial charge in [-0.1, -0.05) is 47.2 Å². The molecule has 0 N–H and O–H groups in total. The topological polar surface area (TPSA) is 51.7 Å². The number of benzene rings is 3. The fourth-order valence-corrected chi connectivity index (χ4v) is 5.10. The number of nitrogens with zero attached hydrogens (tertiary/aromatic N) is 2. The van der Waals surface area contributed by atoms with Gasteiger partial charge in [0.1, 0.15) is 11.5 Å². The van der Waals surface area contributed by atoms with Crippen molar-refractivity contribution in [2.24, 2.45) is 0 Å². The number of fused-ring (bicyclic) bond motifs is 1. The maximum Gasteiger partial charge on any atom is 0.260 e. The average molecular weight is 479 g/mol. The largest absolute Gasteiger partial charge is 0.457 e. The van der Waals surface area contributed by atoms with E-state index < -0.39 is 0 Å². The monoisotopic (exact) mass is 478 g/mol. The van der Waals surface area contributed by atoms with E-state index in [0.29, 0.717) is 28.0 Å². The quantitative estimate of drug-likeness (QED) is 0.303. The van der Waals surface area contributed by atoms with Crippen LogP contribution in [-0.2, 0) is 4.74 Å². The van der Waals surface area contributed by atoms with Crippen LogP contribution >= 0.6 is 22.9 Å². The molecule has 5 nitrogen and oxygen atoms in total. The molecule has 1 amide bonds. The zero-order valence-corrected chi connectivity index (χ0v) is 19.7. The summed E-state index contributed by atoms with van der Waals surface area (Å²) in [5.41, 5.74) is 2.28. The highest BCUT2D eigenvalue weighted by molar-refractivity contribution is 7.22. The standard InChI is InChI=1S/C26H23ClN2O3S/c1-17-22(27)12-13-23-24(17)28-26(33-23)29(16-21-11-6-14-31-21)25(30)18-7-5-10-20(15-18)32-19-8-3-2-4-9-19/h2-5,7-10,12-13,15,21H,6,11,14,16H2,1H3. The molecule has 1 unspecified atom stereocenters. The van der Waals surface area contributed by atoms with Crippen LogP contribution in [0.2, 0.25) is 5.02 Å². The number of carbonyl (C=O) groups excluding carboxylic acids is 1. The van der Waals surface area contributed by atoms with Crippen LogP contribution in [0.15, 0.2) is 66.7 Å². The second-order valence-corrected chi connectivity index (χ2v) is 9.43. The van der Waals surface area contributed by atoms with Gasteiger partial charge in [0.15, 0.2) is 5.13 Å². The Morgan fingerprint density at radius 3 is 2.76 bits per heavy atom. The van der Waals surface area contributed by atoms with Gasteiger partial charge in [0, 0.05) is 17.2 Å². The molecular formula is C26H23ClN2O3S. The third-order valence-corrected chi connectivity index (χ3v) is 7.14. The average Bonchev–Trinajstić information content (AvgIpc) is 3.51. The molecule has 0 aliphatic carbocycles. The van der Waals surface area contributed by atoms with Gasteiger partial charge in [-0.25, -0.2) is 4.98 Å². The van der Waals surface area contributed by atoms with Crippen LogP contribution < -0.4 is 9.64 Å². The molecule has 5 rings (SSSR count). The zero-order chi connectivity index (χ0) is 22.8. The van der Waals surface area contributed by atoms with E-state index >= 15 is 0 Å². The summed E-state index contributed by atoms with van der Waals surface area (Å²) < 4.78 is 12.8. The SMILES string of the molecule is Cc1c(Cl)ccc2sc(N(CC3CCCO3)C(=O)c3cccc(Oc4ccccc4)c3)nc12. The van der Waals surface area contributed by atoms with E-state index in [1.54, 1.807) is 17.0 Å². The third kappa shape index (κ3) is 4.74. The first-order valence-electron chi connectivity index (χ1n) is 10.9. The second kappa shape index (κ2) is 9.51. The molecule has 1 aromatic heterocycles. The first-order chi connectivity index (χ1) is 16.1. The van der Waals surface area contributed by atoms with E-state index in [4.69, 9.17) is 26.1 Å². The van der Waals surface area contributed by atoms with Crippen molar-refractivity contribution in [3.05, 3.63) is 82.9 Å². The number of carbonyl (C=O) groups is 1. The predicted molar refractivity (Wildman–Crippen MR) is 133 cm³/mol. The van der Waals surface area contributed by atoms with Gasteiger partial charge in [-0.05, 0) is 67.8 Å². The van der Waals surface area contributed by atoms with Crippen LogP contribution in [-0.4, -0.2) is 30.1 Å². The first kappa shape index (κ1) is 21.9. The summed E-state index contributed by atoms with van der Waals surface area (Å²) in [6, 6.07) is 20.6. The second-order valence-electron chi connectivity index (χ2n) is 8.01. The van der Waals surface area contributed by atoms with E-state index in [1.807, 2.05) is 61.5 Å². The van der Waals surface area contributed by atoms with E-state index in [0.717, 1.165) is 41.0 Å². The molecule has 1 saturated heterocycles. The Morgan fingerprint density at radius 1 is 1.15 bits per heavy atom. The van der Waals surface area contributed by atoms with Crippen molar-refractivity contribution in [3.8, 4) is 11.5 Å². The molecule has 0 saturated carbocycles. The Balaban J connectivity index is 1.48. The normalized spacial score (nSPS) is 15.6. The molecule has 1 aliphatic heterocycles. The van der Waals surface area contributed by atoms with Crippen molar-refractivity contribution in [3.63, 3.8) is 0 Å². The van der Waals surface area contributed by atoms with Crippen LogP contribution in [0.25, 0.3) is 10.2 Å². The molecule has 0 bridgehead atoms. The molecule has 4 aromatic rings. The number of hydrogen-bond donors (Lipinski definition) is 0. The number of anilines is 1. The molecule has 1 fully saturated rings. The minimum Gasteiger partial charge on any atom is -0.457 e. The molecule has 168 valence electrons. The number of halogens is 1. The van der Waals surface area contributed by atoms with Crippen LogP contribution in [0.4, 0.5) is 5.13 Å². The van der Waals surface area contributed by atoms with Gasteiger partial charge in [0.25, 0.3) is 5.91 Å². The molecule has 0 spiro atoms. The Kier molecular flexibility index (Phi) is 6.31. The van der Waals surface area contributed by atoms with E-state index in [9.17, 15) is 4.79 Å². The van der Waals surface area contributed by atoms with Crippen LogP contribution in [0.1, 0.15) is 28.8 Å². The molecule has 2 heterocycles. The fourth-order valence-electron chi connectivity index (χ4n) is 3.92. The number of para-hydroxylation sites is 1. The summed E-state index contributed by atoms with van der Waals surface area (Å²) in [6.07, 6.45) is 1.92. The van der Waals surface area contributed by atoms with Crippen LogP contribution in [0.5, 0.6) is 11.5 Å². The van der Waals surface area contributed by atoms with Gasteiger partial charge in [-0.2, -0.15) is 0 Å². The lowest BCUT2D eigenvalue weighted by atomic mass is 10.1. The number of thiazole rings is 1. The number of aryl methyl sites for hydroxylation is 1. The molecule has 7 heteroatoms. The summed E-state index contributed by atoms with van der Waals surface area (Å²) >= 11 is 7.80. The van der Waals surface area contributed by atoms with Crippen molar-refractivity contribution in [2.75, 3.05) is 18.1 Å².